The Morgan fingerprint density at radius 1 is 1.11 bits per heavy atom. The Labute approximate surface area is 126 Å². The second kappa shape index (κ2) is 5.24. The van der Waals surface area contributed by atoms with Crippen LogP contribution in [0.3, 0.4) is 0 Å². The zero-order valence-corrected chi connectivity index (χ0v) is 13.8. The molecule has 0 aromatic heterocycles. The number of rotatable bonds is 1. The summed E-state index contributed by atoms with van der Waals surface area (Å²) >= 11 is 3.60. The molecule has 1 aromatic carbocycles. The van der Waals surface area contributed by atoms with E-state index in [9.17, 15) is 0 Å². The van der Waals surface area contributed by atoms with Crippen molar-refractivity contribution in [1.29, 1.82) is 0 Å². The van der Waals surface area contributed by atoms with E-state index in [2.05, 4.69) is 48.0 Å². The minimum Gasteiger partial charge on any atom is -0.0599 e. The lowest BCUT2D eigenvalue weighted by atomic mass is 9.65. The number of benzene rings is 1. The van der Waals surface area contributed by atoms with Gasteiger partial charge in [-0.2, -0.15) is 0 Å². The van der Waals surface area contributed by atoms with Gasteiger partial charge in [0.1, 0.15) is 0 Å². The van der Waals surface area contributed by atoms with Gasteiger partial charge in [0.2, 0.25) is 0 Å². The molecule has 1 saturated carbocycles. The highest BCUT2D eigenvalue weighted by molar-refractivity contribution is 9.10. The number of fused-ring (bicyclic) bond motifs is 1. The maximum absolute atomic E-state index is 3.60. The monoisotopic (exact) mass is 320 g/mol. The van der Waals surface area contributed by atoms with E-state index in [0.717, 1.165) is 11.8 Å². The van der Waals surface area contributed by atoms with Crippen molar-refractivity contribution in [3.8, 4) is 0 Å². The van der Waals surface area contributed by atoms with Crippen molar-refractivity contribution in [3.63, 3.8) is 0 Å². The molecule has 2 unspecified atom stereocenters. The van der Waals surface area contributed by atoms with Crippen molar-refractivity contribution in [2.75, 3.05) is 0 Å². The van der Waals surface area contributed by atoms with Crippen LogP contribution in [0.15, 0.2) is 22.7 Å². The van der Waals surface area contributed by atoms with E-state index in [4.69, 9.17) is 0 Å². The van der Waals surface area contributed by atoms with Crippen molar-refractivity contribution in [2.24, 2.45) is 17.3 Å². The van der Waals surface area contributed by atoms with Crippen LogP contribution in [0.4, 0.5) is 0 Å². The molecule has 0 amide bonds. The van der Waals surface area contributed by atoms with Gasteiger partial charge in [-0.05, 0) is 72.6 Å². The molecule has 0 spiro atoms. The Morgan fingerprint density at radius 3 is 2.74 bits per heavy atom. The Hall–Kier alpha value is -0.300. The molecule has 0 saturated heterocycles. The van der Waals surface area contributed by atoms with E-state index < -0.39 is 0 Å². The van der Waals surface area contributed by atoms with Gasteiger partial charge in [0, 0.05) is 4.47 Å². The van der Waals surface area contributed by atoms with Gasteiger partial charge in [-0.25, -0.2) is 0 Å². The molecule has 0 aliphatic heterocycles. The molecule has 3 rings (SSSR count). The molecule has 2 aliphatic rings. The summed E-state index contributed by atoms with van der Waals surface area (Å²) in [6.45, 7) is 4.93. The molecule has 1 aromatic rings. The van der Waals surface area contributed by atoms with Crippen molar-refractivity contribution in [2.45, 2.75) is 58.8 Å². The first-order valence-electron chi connectivity index (χ1n) is 7.81. The predicted octanol–water partition coefficient (Wildman–Crippen LogP) is 5.77. The Bertz CT molecular complexity index is 461. The summed E-state index contributed by atoms with van der Waals surface area (Å²) in [6, 6.07) is 6.89. The smallest absolute Gasteiger partial charge is 0.0178 e. The van der Waals surface area contributed by atoms with Crippen LogP contribution < -0.4 is 0 Å². The standard InChI is InChI=1S/C18H25Br/c1-18(2)9-3-4-16(12-18)14-5-6-15-11-17(19)8-7-13(15)10-14/h7-8,11,14,16H,3-6,9-10,12H2,1-2H3. The molecule has 2 atom stereocenters. The second-order valence-electron chi connectivity index (χ2n) is 7.44. The van der Waals surface area contributed by atoms with Gasteiger partial charge in [0.25, 0.3) is 0 Å². The number of hydrogen-bond acceptors (Lipinski definition) is 0. The third kappa shape index (κ3) is 3.07. The fourth-order valence-electron chi connectivity index (χ4n) is 4.31. The summed E-state index contributed by atoms with van der Waals surface area (Å²) in [6.07, 6.45) is 9.81. The summed E-state index contributed by atoms with van der Waals surface area (Å²) in [5.74, 6) is 1.91. The zero-order valence-electron chi connectivity index (χ0n) is 12.2. The minimum absolute atomic E-state index is 0.586. The molecule has 2 aliphatic carbocycles. The van der Waals surface area contributed by atoms with Crippen LogP contribution in [-0.4, -0.2) is 0 Å². The number of halogens is 1. The van der Waals surface area contributed by atoms with E-state index in [1.54, 1.807) is 11.1 Å². The summed E-state index contributed by atoms with van der Waals surface area (Å²) in [4.78, 5) is 0. The average Bonchev–Trinajstić information content (AvgIpc) is 2.37. The van der Waals surface area contributed by atoms with Crippen molar-refractivity contribution < 1.29 is 0 Å². The Balaban J connectivity index is 1.73. The summed E-state index contributed by atoms with van der Waals surface area (Å²) in [5.41, 5.74) is 3.78. The average molecular weight is 321 g/mol. The minimum atomic E-state index is 0.586. The van der Waals surface area contributed by atoms with E-state index in [1.165, 1.54) is 49.4 Å². The van der Waals surface area contributed by atoms with Gasteiger partial charge >= 0.3 is 0 Å². The summed E-state index contributed by atoms with van der Waals surface area (Å²) in [7, 11) is 0. The van der Waals surface area contributed by atoms with E-state index >= 15 is 0 Å². The maximum atomic E-state index is 3.60. The van der Waals surface area contributed by atoms with E-state index in [-0.39, 0.29) is 0 Å². The van der Waals surface area contributed by atoms with Crippen LogP contribution >= 0.6 is 15.9 Å². The van der Waals surface area contributed by atoms with Gasteiger partial charge < -0.3 is 0 Å². The molecule has 0 nitrogen and oxygen atoms in total. The highest BCUT2D eigenvalue weighted by Gasteiger charge is 2.34. The molecule has 19 heavy (non-hydrogen) atoms. The molecule has 104 valence electrons. The predicted molar refractivity (Wildman–Crippen MR) is 85.4 cm³/mol. The Morgan fingerprint density at radius 2 is 1.95 bits per heavy atom. The quantitative estimate of drug-likeness (QED) is 0.616. The SMILES string of the molecule is CC1(C)CCCC(C2CCc3cc(Br)ccc3C2)C1. The highest BCUT2D eigenvalue weighted by Crippen LogP contribution is 2.45. The second-order valence-corrected chi connectivity index (χ2v) is 8.35. The van der Waals surface area contributed by atoms with Crippen LogP contribution in [0.1, 0.15) is 57.1 Å². The van der Waals surface area contributed by atoms with Gasteiger partial charge in [-0.3, -0.25) is 0 Å². The van der Waals surface area contributed by atoms with Crippen LogP contribution in [0, 0.1) is 17.3 Å². The summed E-state index contributed by atoms with van der Waals surface area (Å²) < 4.78 is 1.24. The third-order valence-corrected chi connectivity index (χ3v) is 5.84. The Kier molecular flexibility index (Phi) is 3.77. The van der Waals surface area contributed by atoms with Crippen molar-refractivity contribution in [3.05, 3.63) is 33.8 Å². The first-order chi connectivity index (χ1) is 9.03. The molecular weight excluding hydrogens is 296 g/mol. The van der Waals surface area contributed by atoms with Gasteiger partial charge in [-0.15, -0.1) is 0 Å². The van der Waals surface area contributed by atoms with Crippen LogP contribution in [-0.2, 0) is 12.8 Å². The molecule has 0 N–H and O–H groups in total. The fraction of sp³-hybridized carbons (Fsp3) is 0.667. The summed E-state index contributed by atoms with van der Waals surface area (Å²) in [5, 5.41) is 0. The normalized spacial score (nSPS) is 29.8. The third-order valence-electron chi connectivity index (χ3n) is 5.34. The maximum Gasteiger partial charge on any atom is 0.0178 e. The van der Waals surface area contributed by atoms with Gasteiger partial charge in [0.15, 0.2) is 0 Å². The first-order valence-corrected chi connectivity index (χ1v) is 8.60. The molecule has 1 fully saturated rings. The van der Waals surface area contributed by atoms with Crippen LogP contribution in [0.2, 0.25) is 0 Å². The lowest BCUT2D eigenvalue weighted by molar-refractivity contribution is 0.126. The highest BCUT2D eigenvalue weighted by atomic mass is 79.9. The number of hydrogen-bond donors (Lipinski definition) is 0. The first kappa shape index (κ1) is 13.7. The van der Waals surface area contributed by atoms with E-state index in [0.29, 0.717) is 5.41 Å². The molecule has 1 heteroatoms. The van der Waals surface area contributed by atoms with Crippen LogP contribution in [0.25, 0.3) is 0 Å². The van der Waals surface area contributed by atoms with Crippen LogP contribution in [0.5, 0.6) is 0 Å². The lowest BCUT2D eigenvalue weighted by Gasteiger charge is -2.41. The topological polar surface area (TPSA) is 0 Å². The van der Waals surface area contributed by atoms with Crippen molar-refractivity contribution in [1.82, 2.24) is 0 Å². The van der Waals surface area contributed by atoms with Gasteiger partial charge in [0.05, 0.1) is 0 Å². The molecular formula is C18H25Br. The van der Waals surface area contributed by atoms with Crippen molar-refractivity contribution >= 4 is 15.9 Å². The largest absolute Gasteiger partial charge is 0.0599 e. The van der Waals surface area contributed by atoms with Gasteiger partial charge in [-0.1, -0.05) is 48.7 Å². The zero-order chi connectivity index (χ0) is 13.5. The number of aryl methyl sites for hydroxylation is 1. The fourth-order valence-corrected chi connectivity index (χ4v) is 4.72. The molecule has 0 radical (unpaired) electrons. The lowest BCUT2D eigenvalue weighted by Crippen LogP contribution is -2.30. The molecule has 0 bridgehead atoms. The van der Waals surface area contributed by atoms with E-state index in [1.807, 2.05) is 0 Å². The molecule has 0 heterocycles.